The number of hydrogen-bond donors (Lipinski definition) is 0. The van der Waals surface area contributed by atoms with Gasteiger partial charge < -0.3 is 4.90 Å². The number of fused-ring (bicyclic) bond motifs is 1. The molecule has 0 aromatic heterocycles. The number of aryl methyl sites for hydroxylation is 1. The van der Waals surface area contributed by atoms with Crippen molar-refractivity contribution in [1.29, 1.82) is 0 Å². The second kappa shape index (κ2) is 6.25. The third-order valence-corrected chi connectivity index (χ3v) is 5.00. The first kappa shape index (κ1) is 14.1. The van der Waals surface area contributed by atoms with Gasteiger partial charge in [0.15, 0.2) is 0 Å². The zero-order valence-corrected chi connectivity index (χ0v) is 12.9. The molecule has 1 saturated heterocycles. The topological polar surface area (TPSA) is 9.72 Å². The quantitative estimate of drug-likeness (QED) is 0.829. The van der Waals surface area contributed by atoms with Gasteiger partial charge in [0.05, 0.1) is 0 Å². The van der Waals surface area contributed by atoms with Gasteiger partial charge in [-0.2, -0.15) is 0 Å². The monoisotopic (exact) mass is 273 g/mol. The highest BCUT2D eigenvalue weighted by Gasteiger charge is 2.25. The molecule has 20 heavy (non-hydrogen) atoms. The maximum absolute atomic E-state index is 2.61. The van der Waals surface area contributed by atoms with Crippen LogP contribution in [0.2, 0.25) is 0 Å². The van der Waals surface area contributed by atoms with E-state index >= 15 is 0 Å². The molecule has 3 rings (SSSR count). The average Bonchev–Trinajstić information content (AvgIpc) is 2.90. The van der Waals surface area contributed by atoms with Crippen molar-refractivity contribution in [3.63, 3.8) is 0 Å². The molecule has 1 aliphatic heterocycles. The van der Waals surface area contributed by atoms with E-state index in [1.807, 2.05) is 0 Å². The van der Waals surface area contributed by atoms with Crippen LogP contribution in [0.25, 0.3) is 0 Å². The van der Waals surface area contributed by atoms with Crippen LogP contribution in [0.3, 0.4) is 0 Å². The predicted molar refractivity (Wildman–Crippen MR) is 84.1 cm³/mol. The third-order valence-electron chi connectivity index (χ3n) is 5.00. The largest absolute Gasteiger partial charge is 0.304 e. The van der Waals surface area contributed by atoms with Crippen molar-refractivity contribution >= 4 is 0 Å². The van der Waals surface area contributed by atoms with Crippen LogP contribution in [0.15, 0.2) is 24.3 Å². The van der Waals surface area contributed by atoms with Crippen molar-refractivity contribution in [3.05, 3.63) is 35.4 Å². The van der Waals surface area contributed by atoms with Crippen LogP contribution in [0.4, 0.5) is 0 Å². The van der Waals surface area contributed by atoms with E-state index in [0.717, 1.165) is 0 Å². The maximum Gasteiger partial charge on any atom is 0.0351 e. The molecule has 1 heterocycles. The minimum Gasteiger partial charge on any atom is -0.304 e. The van der Waals surface area contributed by atoms with Crippen LogP contribution < -0.4 is 0 Å². The van der Waals surface area contributed by atoms with Crippen molar-refractivity contribution in [2.75, 3.05) is 53.4 Å². The van der Waals surface area contributed by atoms with Crippen LogP contribution in [0.5, 0.6) is 0 Å². The molecule has 0 N–H and O–H groups in total. The predicted octanol–water partition coefficient (Wildman–Crippen LogP) is 1.85. The van der Waals surface area contributed by atoms with Crippen molar-refractivity contribution in [2.45, 2.75) is 18.9 Å². The molecule has 3 nitrogen and oxygen atoms in total. The molecule has 1 aromatic carbocycles. The van der Waals surface area contributed by atoms with Crippen LogP contribution in [0, 0.1) is 0 Å². The van der Waals surface area contributed by atoms with E-state index in [-0.39, 0.29) is 0 Å². The lowest BCUT2D eigenvalue weighted by molar-refractivity contribution is 0.130. The number of rotatable bonds is 4. The standard InChI is InChI=1S/C17H27N3/c1-18-9-12-20(13-10-18)14-11-19(2)17-8-7-15-5-3-4-6-16(15)17/h3-6,17H,7-14H2,1-2H3/t17-/m0/s1. The van der Waals surface area contributed by atoms with Crippen LogP contribution in [0.1, 0.15) is 23.6 Å². The Morgan fingerprint density at radius 2 is 1.90 bits per heavy atom. The minimum atomic E-state index is 0.638. The smallest absolute Gasteiger partial charge is 0.0351 e. The highest BCUT2D eigenvalue weighted by atomic mass is 15.3. The lowest BCUT2D eigenvalue weighted by Crippen LogP contribution is -2.46. The summed E-state index contributed by atoms with van der Waals surface area (Å²) in [7, 11) is 4.52. The molecular formula is C17H27N3. The lowest BCUT2D eigenvalue weighted by atomic mass is 10.1. The normalized spacial score (nSPS) is 24.2. The first-order valence-electron chi connectivity index (χ1n) is 7.93. The van der Waals surface area contributed by atoms with E-state index in [9.17, 15) is 0 Å². The SMILES string of the molecule is CN1CCN(CCN(C)[C@H]2CCc3ccccc32)CC1. The molecule has 1 aliphatic carbocycles. The number of hydrogen-bond acceptors (Lipinski definition) is 3. The van der Waals surface area contributed by atoms with E-state index < -0.39 is 0 Å². The van der Waals surface area contributed by atoms with E-state index in [1.54, 1.807) is 11.1 Å². The van der Waals surface area contributed by atoms with E-state index in [2.05, 4.69) is 53.1 Å². The molecular weight excluding hydrogens is 246 g/mol. The van der Waals surface area contributed by atoms with E-state index in [1.165, 1.54) is 52.1 Å². The molecule has 1 atom stereocenters. The van der Waals surface area contributed by atoms with E-state index in [0.29, 0.717) is 6.04 Å². The Labute approximate surface area is 123 Å². The van der Waals surface area contributed by atoms with Gasteiger partial charge in [0.25, 0.3) is 0 Å². The van der Waals surface area contributed by atoms with Gasteiger partial charge >= 0.3 is 0 Å². The van der Waals surface area contributed by atoms with Crippen LogP contribution >= 0.6 is 0 Å². The summed E-state index contributed by atoms with van der Waals surface area (Å²) in [4.78, 5) is 7.59. The second-order valence-corrected chi connectivity index (χ2v) is 6.38. The Balaban J connectivity index is 1.52. The van der Waals surface area contributed by atoms with E-state index in [4.69, 9.17) is 0 Å². The molecule has 0 saturated carbocycles. The Morgan fingerprint density at radius 1 is 1.15 bits per heavy atom. The maximum atomic E-state index is 2.61. The number of nitrogens with zero attached hydrogens (tertiary/aromatic N) is 3. The molecule has 0 unspecified atom stereocenters. The molecule has 0 spiro atoms. The Bertz CT molecular complexity index is 438. The second-order valence-electron chi connectivity index (χ2n) is 6.38. The van der Waals surface area contributed by atoms with Crippen molar-refractivity contribution < 1.29 is 0 Å². The summed E-state index contributed by atoms with van der Waals surface area (Å²) >= 11 is 0. The summed E-state index contributed by atoms with van der Waals surface area (Å²) < 4.78 is 0. The van der Waals surface area contributed by atoms with Gasteiger partial charge in [0.2, 0.25) is 0 Å². The van der Waals surface area contributed by atoms with Gasteiger partial charge in [-0.15, -0.1) is 0 Å². The fourth-order valence-corrected chi connectivity index (χ4v) is 3.52. The molecule has 0 radical (unpaired) electrons. The van der Waals surface area contributed by atoms with Crippen LogP contribution in [-0.4, -0.2) is 68.1 Å². The summed E-state index contributed by atoms with van der Waals surface area (Å²) in [5.41, 5.74) is 3.12. The number of likely N-dealkylation sites (N-methyl/N-ethyl adjacent to an activating group) is 2. The van der Waals surface area contributed by atoms with Gasteiger partial charge in [-0.05, 0) is 38.1 Å². The minimum absolute atomic E-state index is 0.638. The Morgan fingerprint density at radius 3 is 2.70 bits per heavy atom. The molecule has 0 bridgehead atoms. The zero-order valence-electron chi connectivity index (χ0n) is 12.9. The Kier molecular flexibility index (Phi) is 4.39. The third kappa shape index (κ3) is 3.05. The summed E-state index contributed by atoms with van der Waals surface area (Å²) in [6, 6.07) is 9.61. The first-order chi connectivity index (χ1) is 9.74. The van der Waals surface area contributed by atoms with Gasteiger partial charge in [-0.1, -0.05) is 24.3 Å². The highest BCUT2D eigenvalue weighted by molar-refractivity contribution is 5.34. The van der Waals surface area contributed by atoms with Crippen molar-refractivity contribution in [2.24, 2.45) is 0 Å². The molecule has 0 amide bonds. The number of piperazine rings is 1. The van der Waals surface area contributed by atoms with Gasteiger partial charge in [0.1, 0.15) is 0 Å². The molecule has 1 aromatic rings. The number of benzene rings is 1. The summed E-state index contributed by atoms with van der Waals surface area (Å²) in [5, 5.41) is 0. The first-order valence-corrected chi connectivity index (χ1v) is 7.93. The van der Waals surface area contributed by atoms with Gasteiger partial charge in [-0.3, -0.25) is 9.80 Å². The zero-order chi connectivity index (χ0) is 13.9. The molecule has 3 heteroatoms. The van der Waals surface area contributed by atoms with Crippen molar-refractivity contribution in [3.8, 4) is 0 Å². The fourth-order valence-electron chi connectivity index (χ4n) is 3.52. The van der Waals surface area contributed by atoms with Gasteiger partial charge in [0, 0.05) is 45.3 Å². The molecule has 2 aliphatic rings. The highest BCUT2D eigenvalue weighted by Crippen LogP contribution is 2.34. The Hall–Kier alpha value is -0.900. The summed E-state index contributed by atoms with van der Waals surface area (Å²) in [6.45, 7) is 7.29. The molecule has 110 valence electrons. The van der Waals surface area contributed by atoms with Crippen molar-refractivity contribution in [1.82, 2.24) is 14.7 Å². The molecule has 1 fully saturated rings. The van der Waals surface area contributed by atoms with Crippen LogP contribution in [-0.2, 0) is 6.42 Å². The van der Waals surface area contributed by atoms with Gasteiger partial charge in [-0.25, -0.2) is 0 Å². The lowest BCUT2D eigenvalue weighted by Gasteiger charge is -2.34. The fraction of sp³-hybridized carbons (Fsp3) is 0.647. The summed E-state index contributed by atoms with van der Waals surface area (Å²) in [5.74, 6) is 0. The average molecular weight is 273 g/mol. The summed E-state index contributed by atoms with van der Waals surface area (Å²) in [6.07, 6.45) is 2.54.